The highest BCUT2D eigenvalue weighted by Crippen LogP contribution is 2.40. The zero-order valence-electron chi connectivity index (χ0n) is 8.14. The van der Waals surface area contributed by atoms with Crippen LogP contribution in [-0.4, -0.2) is 20.0 Å². The quantitative estimate of drug-likeness (QED) is 0.483. The first kappa shape index (κ1) is 14.9. The van der Waals surface area contributed by atoms with Crippen molar-refractivity contribution in [3.8, 4) is 5.75 Å². The lowest BCUT2D eigenvalue weighted by Crippen LogP contribution is -2.06. The van der Waals surface area contributed by atoms with Crippen molar-refractivity contribution in [3.63, 3.8) is 0 Å². The van der Waals surface area contributed by atoms with E-state index in [0.717, 1.165) is 6.07 Å². The van der Waals surface area contributed by atoms with Gasteiger partial charge >= 0.3 is 12.3 Å². The highest BCUT2D eigenvalue weighted by Gasteiger charge is 2.29. The van der Waals surface area contributed by atoms with Crippen LogP contribution in [0.2, 0.25) is 5.02 Å². The normalized spacial score (nSPS) is 11.6. The Balaban J connectivity index is 3.53. The van der Waals surface area contributed by atoms with E-state index in [4.69, 9.17) is 22.3 Å². The highest BCUT2D eigenvalue weighted by atomic mass is 35.7. The minimum absolute atomic E-state index is 0.672. The number of benzene rings is 1. The lowest BCUT2D eigenvalue weighted by atomic mass is 10.3. The standard InChI is InChI=1S/C7H3Cl2F2NO5S/c8-5-4(18(9,15)16)2-1-3(17-7(10)11)6(5)12(13)14/h1-2,7H. The summed E-state index contributed by atoms with van der Waals surface area (Å²) in [7, 11) is 0.633. The molecule has 0 unspecified atom stereocenters. The zero-order valence-corrected chi connectivity index (χ0v) is 10.5. The van der Waals surface area contributed by atoms with Crippen LogP contribution in [0.25, 0.3) is 0 Å². The van der Waals surface area contributed by atoms with E-state index in [2.05, 4.69) is 4.74 Å². The Hall–Kier alpha value is -1.19. The number of nitro groups is 1. The minimum Gasteiger partial charge on any atom is -0.427 e. The van der Waals surface area contributed by atoms with Gasteiger partial charge in [0, 0.05) is 10.7 Å². The van der Waals surface area contributed by atoms with Crippen molar-refractivity contribution in [2.45, 2.75) is 11.5 Å². The molecule has 0 heterocycles. The first-order chi connectivity index (χ1) is 8.14. The van der Waals surface area contributed by atoms with Crippen LogP contribution in [0.5, 0.6) is 5.75 Å². The average Bonchev–Trinajstić information content (AvgIpc) is 2.13. The van der Waals surface area contributed by atoms with Crippen LogP contribution < -0.4 is 4.74 Å². The van der Waals surface area contributed by atoms with Crippen LogP contribution in [0.1, 0.15) is 0 Å². The molecule has 11 heteroatoms. The van der Waals surface area contributed by atoms with Crippen LogP contribution in [0.3, 0.4) is 0 Å². The summed E-state index contributed by atoms with van der Waals surface area (Å²) in [5, 5.41) is 9.77. The van der Waals surface area contributed by atoms with Crippen molar-refractivity contribution < 1.29 is 26.9 Å². The molecular formula is C7H3Cl2F2NO5S. The second-order valence-electron chi connectivity index (χ2n) is 2.80. The van der Waals surface area contributed by atoms with Crippen molar-refractivity contribution in [2.24, 2.45) is 0 Å². The monoisotopic (exact) mass is 321 g/mol. The summed E-state index contributed by atoms with van der Waals surface area (Å²) < 4.78 is 49.9. The lowest BCUT2D eigenvalue weighted by molar-refractivity contribution is -0.386. The maximum atomic E-state index is 12.0. The number of nitro benzene ring substituents is 1. The van der Waals surface area contributed by atoms with Crippen LogP contribution in [-0.2, 0) is 9.05 Å². The molecule has 18 heavy (non-hydrogen) atoms. The molecular weight excluding hydrogens is 319 g/mol. The molecule has 0 bridgehead atoms. The number of hydrogen-bond donors (Lipinski definition) is 0. The van der Waals surface area contributed by atoms with E-state index in [0.29, 0.717) is 6.07 Å². The molecule has 0 spiro atoms. The van der Waals surface area contributed by atoms with E-state index < -0.39 is 41.9 Å². The molecule has 100 valence electrons. The number of halogens is 4. The van der Waals surface area contributed by atoms with Gasteiger partial charge in [-0.15, -0.1) is 0 Å². The van der Waals surface area contributed by atoms with Crippen molar-refractivity contribution in [2.75, 3.05) is 0 Å². The Kier molecular flexibility index (Phi) is 4.30. The largest absolute Gasteiger partial charge is 0.427 e. The van der Waals surface area contributed by atoms with Gasteiger partial charge in [0.25, 0.3) is 9.05 Å². The van der Waals surface area contributed by atoms with Gasteiger partial charge in [0.2, 0.25) is 5.75 Å². The van der Waals surface area contributed by atoms with Crippen LogP contribution in [0.15, 0.2) is 17.0 Å². The van der Waals surface area contributed by atoms with Gasteiger partial charge in [-0.1, -0.05) is 11.6 Å². The Morgan fingerprint density at radius 2 is 1.94 bits per heavy atom. The molecule has 0 aromatic heterocycles. The van der Waals surface area contributed by atoms with E-state index in [9.17, 15) is 27.3 Å². The third-order valence-corrected chi connectivity index (χ3v) is 3.56. The molecule has 0 N–H and O–H groups in total. The number of hydrogen-bond acceptors (Lipinski definition) is 5. The fourth-order valence-corrected chi connectivity index (χ4v) is 2.65. The number of nitrogens with zero attached hydrogens (tertiary/aromatic N) is 1. The van der Waals surface area contributed by atoms with Crippen molar-refractivity contribution in [1.29, 1.82) is 0 Å². The van der Waals surface area contributed by atoms with Gasteiger partial charge in [0.15, 0.2) is 0 Å². The first-order valence-corrected chi connectivity index (χ1v) is 6.69. The summed E-state index contributed by atoms with van der Waals surface area (Å²) in [4.78, 5) is 8.75. The Morgan fingerprint density at radius 3 is 2.33 bits per heavy atom. The van der Waals surface area contributed by atoms with Gasteiger partial charge in [-0.3, -0.25) is 10.1 Å². The van der Waals surface area contributed by atoms with Gasteiger partial charge in [-0.25, -0.2) is 8.42 Å². The molecule has 0 saturated heterocycles. The molecule has 0 aliphatic heterocycles. The molecule has 0 atom stereocenters. The van der Waals surface area contributed by atoms with E-state index >= 15 is 0 Å². The third-order valence-electron chi connectivity index (χ3n) is 1.71. The zero-order chi connectivity index (χ0) is 14.1. The van der Waals surface area contributed by atoms with Gasteiger partial charge in [-0.05, 0) is 12.1 Å². The summed E-state index contributed by atoms with van der Waals surface area (Å²) in [6, 6.07) is 1.40. The molecule has 0 aliphatic rings. The molecule has 1 rings (SSSR count). The molecule has 6 nitrogen and oxygen atoms in total. The summed E-state index contributed by atoms with van der Waals surface area (Å²) in [5.41, 5.74) is -1.10. The second kappa shape index (κ2) is 5.21. The Morgan fingerprint density at radius 1 is 1.39 bits per heavy atom. The average molecular weight is 322 g/mol. The first-order valence-electron chi connectivity index (χ1n) is 4.01. The highest BCUT2D eigenvalue weighted by molar-refractivity contribution is 8.13. The van der Waals surface area contributed by atoms with Crippen LogP contribution in [0, 0.1) is 10.1 Å². The van der Waals surface area contributed by atoms with Crippen LogP contribution >= 0.6 is 22.3 Å². The molecule has 1 aromatic carbocycles. The van der Waals surface area contributed by atoms with Crippen molar-refractivity contribution in [3.05, 3.63) is 27.3 Å². The SMILES string of the molecule is O=[N+]([O-])c1c(OC(F)F)ccc(S(=O)(=O)Cl)c1Cl. The third kappa shape index (κ3) is 3.18. The Labute approximate surface area is 109 Å². The Bertz CT molecular complexity index is 592. The smallest absolute Gasteiger partial charge is 0.387 e. The molecule has 0 saturated carbocycles. The van der Waals surface area contributed by atoms with Gasteiger partial charge in [0.1, 0.15) is 9.92 Å². The van der Waals surface area contributed by atoms with Gasteiger partial charge in [-0.2, -0.15) is 8.78 Å². The molecule has 1 aromatic rings. The van der Waals surface area contributed by atoms with Crippen molar-refractivity contribution >= 4 is 37.0 Å². The summed E-state index contributed by atoms with van der Waals surface area (Å²) in [5.74, 6) is -0.857. The summed E-state index contributed by atoms with van der Waals surface area (Å²) >= 11 is 5.45. The number of ether oxygens (including phenoxy) is 1. The van der Waals surface area contributed by atoms with Gasteiger partial charge in [0.05, 0.1) is 4.92 Å². The van der Waals surface area contributed by atoms with Crippen molar-refractivity contribution in [1.82, 2.24) is 0 Å². The van der Waals surface area contributed by atoms with E-state index in [1.54, 1.807) is 0 Å². The molecule has 0 fully saturated rings. The minimum atomic E-state index is -4.34. The van der Waals surface area contributed by atoms with E-state index in [-0.39, 0.29) is 0 Å². The molecule has 0 aliphatic carbocycles. The molecule has 0 radical (unpaired) electrons. The fraction of sp³-hybridized carbons (Fsp3) is 0.143. The second-order valence-corrected chi connectivity index (χ2v) is 5.71. The number of alkyl halides is 2. The maximum absolute atomic E-state index is 12.0. The predicted molar refractivity (Wildman–Crippen MR) is 57.8 cm³/mol. The molecule has 0 amide bonds. The predicted octanol–water partition coefficient (Wildman–Crippen LogP) is 2.78. The summed E-state index contributed by atoms with van der Waals surface area (Å²) in [6.45, 7) is -3.32. The van der Waals surface area contributed by atoms with Gasteiger partial charge < -0.3 is 4.74 Å². The fourth-order valence-electron chi connectivity index (χ4n) is 1.08. The number of rotatable bonds is 4. The van der Waals surface area contributed by atoms with E-state index in [1.165, 1.54) is 0 Å². The lowest BCUT2D eigenvalue weighted by Gasteiger charge is -2.07. The topological polar surface area (TPSA) is 86.5 Å². The summed E-state index contributed by atoms with van der Waals surface area (Å²) in [6.07, 6.45) is 0. The van der Waals surface area contributed by atoms with E-state index in [1.807, 2.05) is 0 Å². The maximum Gasteiger partial charge on any atom is 0.387 e. The van der Waals surface area contributed by atoms with Crippen LogP contribution in [0.4, 0.5) is 14.5 Å².